The summed E-state index contributed by atoms with van der Waals surface area (Å²) in [7, 11) is 0. The lowest BCUT2D eigenvalue weighted by molar-refractivity contribution is -0.155. The number of carboxylic acids is 1. The summed E-state index contributed by atoms with van der Waals surface area (Å²) in [6.45, 7) is 1.07. The number of pyridine rings is 1. The van der Waals surface area contributed by atoms with E-state index in [2.05, 4.69) is 15.6 Å². The van der Waals surface area contributed by atoms with Gasteiger partial charge in [0.25, 0.3) is 0 Å². The molecule has 42 heavy (non-hydrogen) atoms. The standard InChI is InChI=1S/C31H33N3O8/c35-25-14-12-23(24-13-15-27(37)34-28(24)25)26(36)19-32-16-5-2-6-17-42-30(40)33-22-11-7-10-21(18-22)31(41,29(38)39)20-8-3-1-4-9-20/h1,3-4,7-15,18,26,32,35-36,41H,2,5-6,16-17,19H2,(H,33,40)(H,34,37)(H,38,39)/t26-,31?/m0/s1. The highest BCUT2D eigenvalue weighted by Crippen LogP contribution is 2.32. The molecule has 0 fully saturated rings. The van der Waals surface area contributed by atoms with Crippen molar-refractivity contribution in [2.24, 2.45) is 0 Å². The van der Waals surface area contributed by atoms with E-state index >= 15 is 0 Å². The average molecular weight is 576 g/mol. The Bertz CT molecular complexity index is 1590. The number of unbranched alkanes of at least 4 members (excludes halogenated alkanes) is 2. The van der Waals surface area contributed by atoms with Crippen LogP contribution in [0.3, 0.4) is 0 Å². The van der Waals surface area contributed by atoms with E-state index in [1.54, 1.807) is 36.4 Å². The monoisotopic (exact) mass is 575 g/mol. The number of ether oxygens (including phenoxy) is 1. The summed E-state index contributed by atoms with van der Waals surface area (Å²) in [5, 5.41) is 47.7. The molecule has 0 aliphatic rings. The zero-order chi connectivity index (χ0) is 30.1. The number of phenols is 1. The Morgan fingerprint density at radius 3 is 2.45 bits per heavy atom. The van der Waals surface area contributed by atoms with Crippen LogP contribution < -0.4 is 16.2 Å². The number of aliphatic hydroxyl groups is 2. The lowest BCUT2D eigenvalue weighted by Crippen LogP contribution is -2.36. The van der Waals surface area contributed by atoms with E-state index in [0.29, 0.717) is 23.9 Å². The Morgan fingerprint density at radius 1 is 0.929 bits per heavy atom. The van der Waals surface area contributed by atoms with Gasteiger partial charge in [-0.1, -0.05) is 48.5 Å². The van der Waals surface area contributed by atoms with Gasteiger partial charge in [0.2, 0.25) is 11.2 Å². The maximum Gasteiger partial charge on any atom is 0.411 e. The summed E-state index contributed by atoms with van der Waals surface area (Å²) in [6, 6.07) is 19.9. The van der Waals surface area contributed by atoms with Crippen LogP contribution in [0.1, 0.15) is 42.1 Å². The SMILES string of the molecule is O=C(Nc1cccc(C(O)(C(=O)O)c2ccccc2)c1)OCCCCCNC[C@H](O)c1ccc(O)c2[nH]c(=O)ccc12. The predicted molar refractivity (Wildman–Crippen MR) is 156 cm³/mol. The van der Waals surface area contributed by atoms with Gasteiger partial charge in [0.05, 0.1) is 18.2 Å². The molecular weight excluding hydrogens is 542 g/mol. The van der Waals surface area contributed by atoms with Gasteiger partial charge >= 0.3 is 12.1 Å². The number of amides is 1. The van der Waals surface area contributed by atoms with Crippen LogP contribution in [0.2, 0.25) is 0 Å². The first-order chi connectivity index (χ1) is 20.2. The zero-order valence-electron chi connectivity index (χ0n) is 22.7. The molecule has 0 spiro atoms. The summed E-state index contributed by atoms with van der Waals surface area (Å²) in [5.74, 6) is -1.51. The second-order valence-corrected chi connectivity index (χ2v) is 9.79. The number of benzene rings is 3. The molecule has 11 heteroatoms. The van der Waals surface area contributed by atoms with Gasteiger partial charge < -0.3 is 35.5 Å². The topological polar surface area (TPSA) is 181 Å². The van der Waals surface area contributed by atoms with E-state index in [4.69, 9.17) is 4.74 Å². The first-order valence-electron chi connectivity index (χ1n) is 13.5. The number of phenolic OH excluding ortho intramolecular Hbond substituents is 1. The quantitative estimate of drug-likeness (QED) is 0.117. The van der Waals surface area contributed by atoms with Crippen LogP contribution in [-0.4, -0.2) is 57.2 Å². The third-order valence-electron chi connectivity index (χ3n) is 6.86. The maximum atomic E-state index is 12.3. The number of H-pyrrole nitrogens is 1. The number of fused-ring (bicyclic) bond motifs is 1. The summed E-state index contributed by atoms with van der Waals surface area (Å²) < 4.78 is 5.23. The molecule has 4 rings (SSSR count). The van der Waals surface area contributed by atoms with E-state index < -0.39 is 23.8 Å². The summed E-state index contributed by atoms with van der Waals surface area (Å²) >= 11 is 0. The number of aliphatic carboxylic acids is 1. The highest BCUT2D eigenvalue weighted by molar-refractivity contribution is 5.88. The number of aromatic hydroxyl groups is 1. The minimum atomic E-state index is -2.29. The van der Waals surface area contributed by atoms with Crippen LogP contribution in [0, 0.1) is 0 Å². The highest BCUT2D eigenvalue weighted by Gasteiger charge is 2.40. The third kappa shape index (κ3) is 7.13. The number of carbonyl (C=O) groups is 2. The van der Waals surface area contributed by atoms with Gasteiger partial charge in [-0.05, 0) is 61.2 Å². The van der Waals surface area contributed by atoms with Crippen molar-refractivity contribution in [3.63, 3.8) is 0 Å². The van der Waals surface area contributed by atoms with E-state index in [-0.39, 0.29) is 46.8 Å². The number of aromatic nitrogens is 1. The molecule has 1 aromatic heterocycles. The number of carbonyl (C=O) groups excluding carboxylic acids is 1. The Hall–Kier alpha value is -4.71. The molecule has 0 saturated carbocycles. The van der Waals surface area contributed by atoms with Crippen LogP contribution in [0.5, 0.6) is 5.75 Å². The van der Waals surface area contributed by atoms with Gasteiger partial charge in [-0.2, -0.15) is 0 Å². The molecule has 1 amide bonds. The second-order valence-electron chi connectivity index (χ2n) is 9.79. The molecule has 1 unspecified atom stereocenters. The average Bonchev–Trinajstić information content (AvgIpc) is 2.98. The van der Waals surface area contributed by atoms with Gasteiger partial charge in [0.1, 0.15) is 5.75 Å². The van der Waals surface area contributed by atoms with Gasteiger partial charge in [-0.15, -0.1) is 0 Å². The van der Waals surface area contributed by atoms with Crippen molar-refractivity contribution < 1.29 is 34.8 Å². The fourth-order valence-electron chi connectivity index (χ4n) is 4.66. The third-order valence-corrected chi connectivity index (χ3v) is 6.86. The summed E-state index contributed by atoms with van der Waals surface area (Å²) in [4.78, 5) is 38.4. The second kappa shape index (κ2) is 13.8. The Balaban J connectivity index is 1.18. The fourth-order valence-corrected chi connectivity index (χ4v) is 4.66. The van der Waals surface area contributed by atoms with Crippen LogP contribution in [0.15, 0.2) is 83.7 Å². The van der Waals surface area contributed by atoms with Crippen molar-refractivity contribution in [1.82, 2.24) is 10.3 Å². The molecular formula is C31H33N3O8. The number of hydrogen-bond acceptors (Lipinski definition) is 8. The molecule has 220 valence electrons. The highest BCUT2D eigenvalue weighted by atomic mass is 16.5. The van der Waals surface area contributed by atoms with Crippen molar-refractivity contribution in [2.75, 3.05) is 25.0 Å². The van der Waals surface area contributed by atoms with Gasteiger partial charge in [0.15, 0.2) is 0 Å². The summed E-state index contributed by atoms with van der Waals surface area (Å²) in [5.41, 5.74) is -1.20. The Labute approximate surface area is 241 Å². The molecule has 0 aliphatic carbocycles. The minimum absolute atomic E-state index is 0.0653. The molecule has 11 nitrogen and oxygen atoms in total. The lowest BCUT2D eigenvalue weighted by Gasteiger charge is -2.25. The molecule has 0 saturated heterocycles. The van der Waals surface area contributed by atoms with Gasteiger partial charge in [-0.3, -0.25) is 10.1 Å². The maximum absolute atomic E-state index is 12.3. The first-order valence-corrected chi connectivity index (χ1v) is 13.5. The minimum Gasteiger partial charge on any atom is -0.506 e. The number of aromatic amines is 1. The molecule has 4 aromatic rings. The van der Waals surface area contributed by atoms with E-state index in [1.807, 2.05) is 0 Å². The number of nitrogens with one attached hydrogen (secondary N) is 3. The van der Waals surface area contributed by atoms with E-state index in [9.17, 15) is 34.8 Å². The fraction of sp³-hybridized carbons (Fsp3) is 0.258. The number of carboxylic acid groups (broad SMARTS) is 1. The molecule has 0 aliphatic heterocycles. The van der Waals surface area contributed by atoms with Gasteiger partial charge in [-0.25, -0.2) is 9.59 Å². The van der Waals surface area contributed by atoms with Gasteiger partial charge in [0, 0.05) is 29.2 Å². The van der Waals surface area contributed by atoms with E-state index in [1.165, 1.54) is 42.5 Å². The Kier molecular flexibility index (Phi) is 9.92. The van der Waals surface area contributed by atoms with Crippen molar-refractivity contribution in [3.8, 4) is 5.75 Å². The van der Waals surface area contributed by atoms with Crippen LogP contribution in [0.25, 0.3) is 10.9 Å². The molecule has 7 N–H and O–H groups in total. The number of hydrogen-bond donors (Lipinski definition) is 7. The first kappa shape index (κ1) is 30.3. The van der Waals surface area contributed by atoms with Crippen LogP contribution in [0.4, 0.5) is 10.5 Å². The molecule has 2 atom stereocenters. The lowest BCUT2D eigenvalue weighted by atomic mass is 9.86. The van der Waals surface area contributed by atoms with E-state index in [0.717, 1.165) is 12.8 Å². The van der Waals surface area contributed by atoms with Crippen LogP contribution in [-0.2, 0) is 15.1 Å². The number of rotatable bonds is 13. The number of anilines is 1. The molecule has 0 radical (unpaired) electrons. The normalized spacial score (nSPS) is 13.3. The smallest absolute Gasteiger partial charge is 0.411 e. The van der Waals surface area contributed by atoms with Crippen molar-refractivity contribution in [3.05, 3.63) is 106 Å². The summed E-state index contributed by atoms with van der Waals surface area (Å²) in [6.07, 6.45) is 0.604. The van der Waals surface area contributed by atoms with Crippen molar-refractivity contribution in [2.45, 2.75) is 31.0 Å². The molecule has 0 bridgehead atoms. The predicted octanol–water partition coefficient (Wildman–Crippen LogP) is 3.60. The van der Waals surface area contributed by atoms with Crippen molar-refractivity contribution in [1.29, 1.82) is 0 Å². The van der Waals surface area contributed by atoms with Crippen LogP contribution >= 0.6 is 0 Å². The number of aliphatic hydroxyl groups excluding tert-OH is 1. The molecule has 3 aromatic carbocycles. The molecule has 1 heterocycles. The zero-order valence-corrected chi connectivity index (χ0v) is 22.7. The largest absolute Gasteiger partial charge is 0.506 e. The Morgan fingerprint density at radius 2 is 1.69 bits per heavy atom. The van der Waals surface area contributed by atoms with Crippen molar-refractivity contribution >= 4 is 28.7 Å².